The van der Waals surface area contributed by atoms with Crippen LogP contribution in [-0.2, 0) is 14.8 Å². The van der Waals surface area contributed by atoms with Crippen molar-refractivity contribution in [3.05, 3.63) is 59.9 Å². The fourth-order valence-electron chi connectivity index (χ4n) is 3.48. The predicted molar refractivity (Wildman–Crippen MR) is 116 cm³/mol. The first-order valence-corrected chi connectivity index (χ1v) is 12.4. The van der Waals surface area contributed by atoms with Crippen LogP contribution in [0.25, 0.3) is 5.52 Å². The summed E-state index contributed by atoms with van der Waals surface area (Å²) >= 11 is 1.39. The normalized spacial score (nSPS) is 14.7. The van der Waals surface area contributed by atoms with Crippen LogP contribution in [0.5, 0.6) is 0 Å². The Hall–Kier alpha value is -2.69. The van der Waals surface area contributed by atoms with Gasteiger partial charge in [0.2, 0.25) is 10.0 Å². The molecule has 0 unspecified atom stereocenters. The first-order chi connectivity index (χ1) is 14.9. The van der Waals surface area contributed by atoms with E-state index < -0.39 is 28.4 Å². The molecular weight excluding hydrogens is 438 g/mol. The largest absolute Gasteiger partial charge is 0.453 e. The Bertz CT molecular complexity index is 1230. The lowest BCUT2D eigenvalue weighted by atomic mass is 10.1. The van der Waals surface area contributed by atoms with E-state index in [1.807, 2.05) is 12.3 Å². The van der Waals surface area contributed by atoms with E-state index in [1.165, 1.54) is 40.3 Å². The van der Waals surface area contributed by atoms with Crippen molar-refractivity contribution < 1.29 is 22.7 Å². The van der Waals surface area contributed by atoms with E-state index in [9.17, 15) is 18.0 Å². The number of nitrogens with zero attached hydrogens (tertiary/aromatic N) is 3. The summed E-state index contributed by atoms with van der Waals surface area (Å²) in [6.45, 7) is 0.567. The lowest BCUT2D eigenvalue weighted by molar-refractivity contribution is 0.0471. The summed E-state index contributed by atoms with van der Waals surface area (Å²) in [5.41, 5.74) is 1.01. The van der Waals surface area contributed by atoms with Gasteiger partial charge in [-0.05, 0) is 55.5 Å². The quantitative estimate of drug-likeness (QED) is 0.304. The number of sulfonamides is 1. The number of aromatic nitrogens is 2. The number of rotatable bonds is 7. The number of thioether (sulfide) groups is 1. The molecule has 0 saturated carbocycles. The summed E-state index contributed by atoms with van der Waals surface area (Å²) in [6, 6.07) is 11.1. The topological polar surface area (TPSA) is 98.0 Å². The van der Waals surface area contributed by atoms with Crippen LogP contribution in [0, 0.1) is 0 Å². The zero-order chi connectivity index (χ0) is 22.0. The number of benzene rings is 1. The SMILES string of the molecule is CSc1nc(C(=O)OCC(=O)c2ccc(S(=O)(=O)N3CCCC3)cc2)c2ccccn12. The molecule has 1 fully saturated rings. The first-order valence-electron chi connectivity index (χ1n) is 9.73. The second kappa shape index (κ2) is 8.81. The van der Waals surface area contributed by atoms with Gasteiger partial charge in [0.15, 0.2) is 23.2 Å². The van der Waals surface area contributed by atoms with Crippen molar-refractivity contribution in [1.29, 1.82) is 0 Å². The third-order valence-electron chi connectivity index (χ3n) is 5.11. The predicted octanol–water partition coefficient (Wildman–Crippen LogP) is 2.88. The lowest BCUT2D eigenvalue weighted by Crippen LogP contribution is -2.27. The Morgan fingerprint density at radius 1 is 1.10 bits per heavy atom. The van der Waals surface area contributed by atoms with E-state index in [-0.39, 0.29) is 16.2 Å². The van der Waals surface area contributed by atoms with Gasteiger partial charge in [-0.1, -0.05) is 17.8 Å². The average molecular weight is 460 g/mol. The van der Waals surface area contributed by atoms with Crippen molar-refractivity contribution in [3.63, 3.8) is 0 Å². The molecule has 0 amide bonds. The van der Waals surface area contributed by atoms with Crippen molar-refractivity contribution in [2.24, 2.45) is 0 Å². The Labute approximate surface area is 184 Å². The highest BCUT2D eigenvalue weighted by Crippen LogP contribution is 2.22. The Kier molecular flexibility index (Phi) is 6.12. The molecule has 0 aliphatic carbocycles. The molecule has 1 aromatic carbocycles. The van der Waals surface area contributed by atoms with Crippen LogP contribution in [0.15, 0.2) is 58.7 Å². The van der Waals surface area contributed by atoms with E-state index >= 15 is 0 Å². The number of pyridine rings is 1. The number of esters is 1. The number of carbonyl (C=O) groups excluding carboxylic acids is 2. The number of imidazole rings is 1. The van der Waals surface area contributed by atoms with Crippen LogP contribution in [-0.4, -0.2) is 59.8 Å². The fraction of sp³-hybridized carbons (Fsp3) is 0.286. The molecule has 1 saturated heterocycles. The van der Waals surface area contributed by atoms with Gasteiger partial charge in [-0.2, -0.15) is 4.31 Å². The van der Waals surface area contributed by atoms with E-state index in [2.05, 4.69) is 4.98 Å². The standard InChI is InChI=1S/C21H21N3O5S2/c1-30-21-22-19(17-6-2-3-13-24(17)21)20(26)29-14-18(25)15-7-9-16(10-8-15)31(27,28)23-11-4-5-12-23/h2-3,6-10,13H,4-5,11-12,14H2,1H3. The average Bonchev–Trinajstić information content (AvgIpc) is 3.46. The van der Waals surface area contributed by atoms with E-state index in [4.69, 9.17) is 4.74 Å². The monoisotopic (exact) mass is 459 g/mol. The minimum atomic E-state index is -3.54. The summed E-state index contributed by atoms with van der Waals surface area (Å²) in [4.78, 5) is 29.4. The minimum absolute atomic E-state index is 0.143. The second-order valence-corrected chi connectivity index (χ2v) is 9.75. The molecule has 1 aliphatic rings. The van der Waals surface area contributed by atoms with Crippen molar-refractivity contribution in [2.75, 3.05) is 26.0 Å². The maximum absolute atomic E-state index is 12.6. The smallest absolute Gasteiger partial charge is 0.359 e. The van der Waals surface area contributed by atoms with Crippen LogP contribution < -0.4 is 0 Å². The zero-order valence-corrected chi connectivity index (χ0v) is 18.5. The van der Waals surface area contributed by atoms with Gasteiger partial charge >= 0.3 is 5.97 Å². The Morgan fingerprint density at radius 3 is 2.48 bits per heavy atom. The molecule has 3 aromatic rings. The molecule has 4 rings (SSSR count). The molecule has 162 valence electrons. The molecule has 0 atom stereocenters. The van der Waals surface area contributed by atoms with Gasteiger partial charge in [0, 0.05) is 24.8 Å². The molecule has 31 heavy (non-hydrogen) atoms. The zero-order valence-electron chi connectivity index (χ0n) is 16.9. The molecule has 0 spiro atoms. The number of Topliss-reactive ketones (excluding diaryl/α,β-unsaturated/α-hetero) is 1. The molecule has 0 bridgehead atoms. The molecule has 0 radical (unpaired) electrons. The minimum Gasteiger partial charge on any atom is -0.453 e. The van der Waals surface area contributed by atoms with Crippen LogP contribution in [0.1, 0.15) is 33.7 Å². The molecule has 1 aliphatic heterocycles. The molecule has 3 heterocycles. The van der Waals surface area contributed by atoms with Crippen molar-refractivity contribution in [2.45, 2.75) is 22.9 Å². The van der Waals surface area contributed by atoms with Crippen LogP contribution >= 0.6 is 11.8 Å². The van der Waals surface area contributed by atoms with Gasteiger partial charge in [0.05, 0.1) is 10.4 Å². The summed E-state index contributed by atoms with van der Waals surface area (Å²) < 4.78 is 33.6. The maximum Gasteiger partial charge on any atom is 0.359 e. The van der Waals surface area contributed by atoms with Crippen molar-refractivity contribution in [3.8, 4) is 0 Å². The van der Waals surface area contributed by atoms with Crippen LogP contribution in [0.2, 0.25) is 0 Å². The van der Waals surface area contributed by atoms with Crippen molar-refractivity contribution in [1.82, 2.24) is 13.7 Å². The van der Waals surface area contributed by atoms with Crippen LogP contribution in [0.3, 0.4) is 0 Å². The van der Waals surface area contributed by atoms with Gasteiger partial charge in [-0.25, -0.2) is 18.2 Å². The second-order valence-electron chi connectivity index (χ2n) is 7.04. The highest BCUT2D eigenvalue weighted by molar-refractivity contribution is 7.98. The summed E-state index contributed by atoms with van der Waals surface area (Å²) in [5, 5.41) is 0.642. The molecule has 10 heteroatoms. The summed E-state index contributed by atoms with van der Waals surface area (Å²) in [7, 11) is -3.54. The van der Waals surface area contributed by atoms with Gasteiger partial charge < -0.3 is 4.74 Å². The van der Waals surface area contributed by atoms with E-state index in [0.717, 1.165) is 12.8 Å². The van der Waals surface area contributed by atoms with Crippen molar-refractivity contribution >= 4 is 39.1 Å². The third kappa shape index (κ3) is 4.23. The molecule has 0 N–H and O–H groups in total. The Balaban J connectivity index is 1.44. The first kappa shape index (κ1) is 21.5. The number of ether oxygens (including phenoxy) is 1. The molecule has 8 nitrogen and oxygen atoms in total. The van der Waals surface area contributed by atoms with Gasteiger partial charge in [-0.3, -0.25) is 9.20 Å². The Morgan fingerprint density at radius 2 is 1.81 bits per heavy atom. The maximum atomic E-state index is 12.6. The summed E-state index contributed by atoms with van der Waals surface area (Å²) in [5.74, 6) is -1.11. The van der Waals surface area contributed by atoms with Gasteiger partial charge in [-0.15, -0.1) is 0 Å². The number of hydrogen-bond acceptors (Lipinski definition) is 7. The van der Waals surface area contributed by atoms with E-state index in [1.54, 1.807) is 22.7 Å². The third-order valence-corrected chi connectivity index (χ3v) is 7.67. The van der Waals surface area contributed by atoms with Crippen LogP contribution in [0.4, 0.5) is 0 Å². The highest BCUT2D eigenvalue weighted by Gasteiger charge is 2.27. The number of fused-ring (bicyclic) bond motifs is 1. The summed E-state index contributed by atoms with van der Waals surface area (Å²) in [6.07, 6.45) is 5.36. The highest BCUT2D eigenvalue weighted by atomic mass is 32.2. The van der Waals surface area contributed by atoms with Gasteiger partial charge in [0.25, 0.3) is 0 Å². The number of hydrogen-bond donors (Lipinski definition) is 0. The molecular formula is C21H21N3O5S2. The number of carbonyl (C=O) groups is 2. The number of ketones is 1. The van der Waals surface area contributed by atoms with E-state index in [0.29, 0.717) is 23.8 Å². The van der Waals surface area contributed by atoms with Gasteiger partial charge in [0.1, 0.15) is 0 Å². The molecule has 2 aromatic heterocycles. The lowest BCUT2D eigenvalue weighted by Gasteiger charge is -2.15. The fourth-order valence-corrected chi connectivity index (χ4v) is 5.53.